The van der Waals surface area contributed by atoms with Crippen molar-refractivity contribution in [3.63, 3.8) is 0 Å². The monoisotopic (exact) mass is 418 g/mol. The molecule has 0 bridgehead atoms. The van der Waals surface area contributed by atoms with E-state index in [1.54, 1.807) is 48.7 Å². The molecule has 28 heavy (non-hydrogen) atoms. The highest BCUT2D eigenvalue weighted by Crippen LogP contribution is 2.30. The first-order valence-electron chi connectivity index (χ1n) is 8.34. The number of halogens is 2. The van der Waals surface area contributed by atoms with Crippen molar-refractivity contribution in [1.82, 2.24) is 4.98 Å². The summed E-state index contributed by atoms with van der Waals surface area (Å²) in [4.78, 5) is 27.7. The third-order valence-electron chi connectivity index (χ3n) is 3.91. The fourth-order valence-corrected chi connectivity index (χ4v) is 2.99. The summed E-state index contributed by atoms with van der Waals surface area (Å²) in [7, 11) is 1.31. The van der Waals surface area contributed by atoms with E-state index >= 15 is 0 Å². The van der Waals surface area contributed by atoms with E-state index in [9.17, 15) is 9.59 Å². The number of amides is 1. The van der Waals surface area contributed by atoms with Crippen molar-refractivity contribution in [2.75, 3.05) is 12.4 Å². The average molecular weight is 419 g/mol. The average Bonchev–Trinajstić information content (AvgIpc) is 3.15. The number of hydrogen-bond acceptors (Lipinski definition) is 5. The van der Waals surface area contributed by atoms with Crippen LogP contribution in [0.15, 0.2) is 53.1 Å². The third kappa shape index (κ3) is 4.91. The Balaban J connectivity index is 1.56. The maximum Gasteiger partial charge on any atom is 0.337 e. The second-order valence-corrected chi connectivity index (χ2v) is 6.70. The van der Waals surface area contributed by atoms with Crippen molar-refractivity contribution < 1.29 is 18.7 Å². The molecule has 0 unspecified atom stereocenters. The second-order valence-electron chi connectivity index (χ2n) is 5.86. The van der Waals surface area contributed by atoms with E-state index < -0.39 is 5.97 Å². The van der Waals surface area contributed by atoms with Crippen LogP contribution in [-0.2, 0) is 16.0 Å². The van der Waals surface area contributed by atoms with Crippen molar-refractivity contribution in [3.8, 4) is 11.3 Å². The molecule has 3 rings (SSSR count). The number of carbonyl (C=O) groups excluding carboxylic acids is 2. The van der Waals surface area contributed by atoms with Crippen LogP contribution in [0.3, 0.4) is 0 Å². The van der Waals surface area contributed by atoms with E-state index in [1.165, 1.54) is 7.11 Å². The lowest BCUT2D eigenvalue weighted by molar-refractivity contribution is -0.116. The van der Waals surface area contributed by atoms with Crippen LogP contribution in [-0.4, -0.2) is 24.0 Å². The summed E-state index contributed by atoms with van der Waals surface area (Å²) in [6.07, 6.45) is 2.08. The zero-order valence-corrected chi connectivity index (χ0v) is 16.4. The Morgan fingerprint density at radius 3 is 2.57 bits per heavy atom. The van der Waals surface area contributed by atoms with E-state index in [1.807, 2.05) is 0 Å². The number of aromatic nitrogens is 1. The molecule has 1 N–H and O–H groups in total. The Morgan fingerprint density at radius 1 is 1.14 bits per heavy atom. The van der Waals surface area contributed by atoms with Gasteiger partial charge in [-0.1, -0.05) is 23.2 Å². The molecule has 0 radical (unpaired) electrons. The minimum Gasteiger partial charge on any atom is -0.465 e. The number of aryl methyl sites for hydroxylation is 1. The van der Waals surface area contributed by atoms with Crippen LogP contribution in [0.1, 0.15) is 22.7 Å². The molecule has 3 aromatic rings. The fourth-order valence-electron chi connectivity index (χ4n) is 2.49. The molecule has 8 heteroatoms. The van der Waals surface area contributed by atoms with Crippen LogP contribution in [0.25, 0.3) is 11.3 Å². The molecule has 1 heterocycles. The van der Waals surface area contributed by atoms with Gasteiger partial charge in [0, 0.05) is 29.1 Å². The molecular weight excluding hydrogens is 403 g/mol. The summed E-state index contributed by atoms with van der Waals surface area (Å²) >= 11 is 12.1. The van der Waals surface area contributed by atoms with Gasteiger partial charge in [0.05, 0.1) is 23.9 Å². The van der Waals surface area contributed by atoms with Gasteiger partial charge in [-0.25, -0.2) is 9.78 Å². The molecule has 0 fully saturated rings. The van der Waals surface area contributed by atoms with E-state index in [4.69, 9.17) is 27.6 Å². The van der Waals surface area contributed by atoms with Gasteiger partial charge in [-0.15, -0.1) is 0 Å². The van der Waals surface area contributed by atoms with Crippen molar-refractivity contribution in [1.29, 1.82) is 0 Å². The predicted octanol–water partition coefficient (Wildman–Crippen LogP) is 5.01. The van der Waals surface area contributed by atoms with Gasteiger partial charge in [0.1, 0.15) is 0 Å². The third-order valence-corrected chi connectivity index (χ3v) is 4.45. The number of rotatable bonds is 6. The zero-order chi connectivity index (χ0) is 20.1. The maximum absolute atomic E-state index is 12.1. The molecule has 0 saturated carbocycles. The lowest BCUT2D eigenvalue weighted by Gasteiger charge is -2.05. The highest BCUT2D eigenvalue weighted by molar-refractivity contribution is 6.36. The van der Waals surface area contributed by atoms with Crippen LogP contribution in [0.5, 0.6) is 0 Å². The topological polar surface area (TPSA) is 81.4 Å². The van der Waals surface area contributed by atoms with Gasteiger partial charge < -0.3 is 14.5 Å². The van der Waals surface area contributed by atoms with E-state index in [0.717, 1.165) is 0 Å². The Kier molecular flexibility index (Phi) is 6.34. The van der Waals surface area contributed by atoms with Crippen LogP contribution in [0.2, 0.25) is 10.0 Å². The largest absolute Gasteiger partial charge is 0.465 e. The molecule has 0 aliphatic heterocycles. The minimum absolute atomic E-state index is 0.188. The number of benzene rings is 2. The van der Waals surface area contributed by atoms with Gasteiger partial charge in [0.25, 0.3) is 0 Å². The number of hydrogen-bond donors (Lipinski definition) is 1. The van der Waals surface area contributed by atoms with Gasteiger partial charge in [0.15, 0.2) is 11.7 Å². The molecule has 2 aromatic carbocycles. The Hall–Kier alpha value is -2.83. The summed E-state index contributed by atoms with van der Waals surface area (Å²) in [5, 5.41) is 3.75. The Labute approximate surface area is 171 Å². The zero-order valence-electron chi connectivity index (χ0n) is 14.9. The van der Waals surface area contributed by atoms with Crippen molar-refractivity contribution in [2.45, 2.75) is 12.8 Å². The van der Waals surface area contributed by atoms with Crippen molar-refractivity contribution in [3.05, 3.63) is 70.2 Å². The summed E-state index contributed by atoms with van der Waals surface area (Å²) < 4.78 is 10.3. The van der Waals surface area contributed by atoms with Gasteiger partial charge in [0.2, 0.25) is 5.91 Å². The molecule has 1 aromatic heterocycles. The number of ether oxygens (including phenoxy) is 1. The second kappa shape index (κ2) is 8.91. The normalized spacial score (nSPS) is 10.5. The first-order chi connectivity index (χ1) is 13.5. The van der Waals surface area contributed by atoms with E-state index in [-0.39, 0.29) is 12.3 Å². The molecule has 0 atom stereocenters. The lowest BCUT2D eigenvalue weighted by Crippen LogP contribution is -2.12. The molecular formula is C20H16Cl2N2O4. The van der Waals surface area contributed by atoms with Crippen molar-refractivity contribution in [2.24, 2.45) is 0 Å². The number of anilines is 1. The standard InChI is InChI=1S/C20H16Cl2N2O4/c1-27-20(26)12-2-5-14(6-3-12)24-18(25)8-9-19-23-11-17(28-19)15-7-4-13(21)10-16(15)22/h2-7,10-11H,8-9H2,1H3,(H,24,25). The van der Waals surface area contributed by atoms with Gasteiger partial charge >= 0.3 is 5.97 Å². The smallest absolute Gasteiger partial charge is 0.337 e. The SMILES string of the molecule is COC(=O)c1ccc(NC(=O)CCc2ncc(-c3ccc(Cl)cc3Cl)o2)cc1. The molecule has 1 amide bonds. The molecule has 0 spiro atoms. The predicted molar refractivity (Wildman–Crippen MR) is 107 cm³/mol. The molecule has 0 aliphatic rings. The maximum atomic E-state index is 12.1. The van der Waals surface area contributed by atoms with Crippen molar-refractivity contribution >= 4 is 40.8 Å². The molecule has 144 valence electrons. The quantitative estimate of drug-likeness (QED) is 0.569. The minimum atomic E-state index is -0.432. The number of nitrogens with one attached hydrogen (secondary N) is 1. The number of oxazole rings is 1. The number of nitrogens with zero attached hydrogens (tertiary/aromatic N) is 1. The number of carbonyl (C=O) groups is 2. The number of esters is 1. The summed E-state index contributed by atoms with van der Waals surface area (Å²) in [6, 6.07) is 11.5. The Bertz CT molecular complexity index is 1000. The van der Waals surface area contributed by atoms with E-state index in [0.29, 0.717) is 44.9 Å². The summed E-state index contributed by atoms with van der Waals surface area (Å²) in [5.41, 5.74) is 1.67. The molecule has 0 aliphatic carbocycles. The molecule has 6 nitrogen and oxygen atoms in total. The summed E-state index contributed by atoms with van der Waals surface area (Å²) in [5.74, 6) is 0.307. The highest BCUT2D eigenvalue weighted by Gasteiger charge is 2.12. The molecule has 0 saturated heterocycles. The lowest BCUT2D eigenvalue weighted by atomic mass is 10.2. The fraction of sp³-hybridized carbons (Fsp3) is 0.150. The van der Waals surface area contributed by atoms with Crippen LogP contribution in [0.4, 0.5) is 5.69 Å². The first-order valence-corrected chi connectivity index (χ1v) is 9.10. The van der Waals surface area contributed by atoms with Crippen LogP contribution in [0, 0.1) is 0 Å². The van der Waals surface area contributed by atoms with Gasteiger partial charge in [-0.3, -0.25) is 4.79 Å². The summed E-state index contributed by atoms with van der Waals surface area (Å²) in [6.45, 7) is 0. The van der Waals surface area contributed by atoms with Crippen LogP contribution < -0.4 is 5.32 Å². The number of methoxy groups -OCH3 is 1. The van der Waals surface area contributed by atoms with Crippen LogP contribution >= 0.6 is 23.2 Å². The highest BCUT2D eigenvalue weighted by atomic mass is 35.5. The first kappa shape index (κ1) is 19.9. The van der Waals surface area contributed by atoms with Gasteiger partial charge in [-0.2, -0.15) is 0 Å². The van der Waals surface area contributed by atoms with Gasteiger partial charge in [-0.05, 0) is 42.5 Å². The van der Waals surface area contributed by atoms with E-state index in [2.05, 4.69) is 15.0 Å². The Morgan fingerprint density at radius 2 is 1.89 bits per heavy atom.